The topological polar surface area (TPSA) is 76.1 Å². The van der Waals surface area contributed by atoms with Crippen LogP contribution in [-0.2, 0) is 31.4 Å². The Hall–Kier alpha value is -2.46. The zero-order valence-corrected chi connectivity index (χ0v) is 22.9. The average molecular weight is 626 g/mol. The lowest BCUT2D eigenvalue weighted by Crippen LogP contribution is -2.29. The van der Waals surface area contributed by atoms with Crippen LogP contribution >= 0.6 is 35.3 Å². The molecule has 0 saturated carbocycles. The van der Waals surface area contributed by atoms with Gasteiger partial charge < -0.3 is 14.6 Å². The summed E-state index contributed by atoms with van der Waals surface area (Å²) in [5, 5.41) is 10.2. The molecule has 0 spiro atoms. The highest BCUT2D eigenvalue weighted by molar-refractivity contribution is 8.26. The van der Waals surface area contributed by atoms with Crippen LogP contribution in [0.2, 0.25) is 0 Å². The molecule has 1 aromatic carbocycles. The number of ether oxygens (including phenoxy) is 2. The number of unbranched alkanes of at least 4 members (excludes halogenated alkanes) is 2. The minimum Gasteiger partial charge on any atom is -0.481 e. The van der Waals surface area contributed by atoms with Gasteiger partial charge >= 0.3 is 18.3 Å². The Kier molecular flexibility index (Phi) is 9.29. The zero-order valence-electron chi connectivity index (χ0n) is 20.4. The summed E-state index contributed by atoms with van der Waals surface area (Å²) in [6.45, 7) is 0.614. The summed E-state index contributed by atoms with van der Waals surface area (Å²) in [6, 6.07) is 1.35. The maximum Gasteiger partial charge on any atom is 0.416 e. The summed E-state index contributed by atoms with van der Waals surface area (Å²) >= 11 is 7.36. The predicted octanol–water partition coefficient (Wildman–Crippen LogP) is 7.34. The van der Waals surface area contributed by atoms with Crippen LogP contribution in [0.4, 0.5) is 26.3 Å². The molecular weight excluding hydrogens is 604 g/mol. The smallest absolute Gasteiger partial charge is 0.416 e. The molecule has 0 atom stereocenters. The van der Waals surface area contributed by atoms with E-state index in [9.17, 15) is 35.9 Å². The van der Waals surface area contributed by atoms with E-state index in [2.05, 4.69) is 0 Å². The molecule has 0 radical (unpaired) electrons. The number of halogens is 6. The molecule has 216 valence electrons. The van der Waals surface area contributed by atoms with Crippen LogP contribution in [-0.4, -0.2) is 46.0 Å². The van der Waals surface area contributed by atoms with Gasteiger partial charge in [0.25, 0.3) is 5.91 Å². The number of carbonyl (C=O) groups excluding carboxylic acids is 1. The van der Waals surface area contributed by atoms with E-state index >= 15 is 0 Å². The number of thiocarbonyl (C=S) groups is 1. The summed E-state index contributed by atoms with van der Waals surface area (Å²) in [6.07, 6.45) is -8.03. The Morgan fingerprint density at radius 2 is 1.68 bits per heavy atom. The minimum atomic E-state index is -5.02. The predicted molar refractivity (Wildman–Crippen MR) is 140 cm³/mol. The largest absolute Gasteiger partial charge is 0.481 e. The molecule has 0 bridgehead atoms. The van der Waals surface area contributed by atoms with E-state index in [4.69, 9.17) is 26.8 Å². The maximum absolute atomic E-state index is 13.5. The fraction of sp³-hybridized carbons (Fsp3) is 0.400. The number of benzene rings is 1. The maximum atomic E-state index is 13.5. The van der Waals surface area contributed by atoms with Gasteiger partial charge in [-0.05, 0) is 48.1 Å². The van der Waals surface area contributed by atoms with Crippen molar-refractivity contribution >= 4 is 57.6 Å². The SMILES string of the molecule is O=C(O)CCCCCN1C(=O)C(=Cc2scc(-c3cc(C(F)(F)F)cc(C(F)(F)F)c3)c2C2OCCO2)SC1=S. The fourth-order valence-electron chi connectivity index (χ4n) is 4.13. The molecule has 6 nitrogen and oxygen atoms in total. The number of nitrogens with zero attached hydrogens (tertiary/aromatic N) is 1. The lowest BCUT2D eigenvalue weighted by atomic mass is 9.97. The standard InChI is InChI=1S/C25H21F6NO5S3/c26-24(27,28)14-8-13(9-15(10-14)25(29,30)31)16-12-39-17(20(16)22-36-6-7-37-22)11-18-21(35)32(23(38)40-18)5-3-1-2-4-19(33)34/h8-12,22H,1-7H2,(H,33,34). The second-order valence-electron chi connectivity index (χ2n) is 8.83. The second-order valence-corrected chi connectivity index (χ2v) is 11.4. The summed E-state index contributed by atoms with van der Waals surface area (Å²) in [7, 11) is 0. The van der Waals surface area contributed by atoms with E-state index in [0.717, 1.165) is 23.1 Å². The minimum absolute atomic E-state index is 0.0173. The van der Waals surface area contributed by atoms with Crippen molar-refractivity contribution in [1.29, 1.82) is 0 Å². The highest BCUT2D eigenvalue weighted by Crippen LogP contribution is 2.45. The van der Waals surface area contributed by atoms with Crippen molar-refractivity contribution in [2.24, 2.45) is 0 Å². The van der Waals surface area contributed by atoms with Crippen LogP contribution in [0.25, 0.3) is 17.2 Å². The number of rotatable bonds is 9. The normalized spacial score (nSPS) is 17.9. The van der Waals surface area contributed by atoms with Gasteiger partial charge in [0.15, 0.2) is 6.29 Å². The third-order valence-corrected chi connectivity index (χ3v) is 8.35. The van der Waals surface area contributed by atoms with Gasteiger partial charge in [-0.1, -0.05) is 30.4 Å². The highest BCUT2D eigenvalue weighted by atomic mass is 32.2. The van der Waals surface area contributed by atoms with Gasteiger partial charge in [0.05, 0.1) is 29.2 Å². The fourth-order valence-corrected chi connectivity index (χ4v) is 6.52. The lowest BCUT2D eigenvalue weighted by molar-refractivity contribution is -0.143. The molecular formula is C25H21F6NO5S3. The van der Waals surface area contributed by atoms with Gasteiger partial charge in [0.2, 0.25) is 0 Å². The molecule has 1 amide bonds. The van der Waals surface area contributed by atoms with Gasteiger partial charge in [-0.2, -0.15) is 26.3 Å². The number of amides is 1. The zero-order chi connectivity index (χ0) is 29.2. The Labute approximate surface area is 237 Å². The summed E-state index contributed by atoms with van der Waals surface area (Å²) < 4.78 is 92.4. The van der Waals surface area contributed by atoms with E-state index in [1.165, 1.54) is 16.4 Å². The van der Waals surface area contributed by atoms with Crippen LogP contribution in [0.3, 0.4) is 0 Å². The molecule has 3 heterocycles. The van der Waals surface area contributed by atoms with Crippen LogP contribution < -0.4 is 0 Å². The number of thiophene rings is 1. The molecule has 1 N–H and O–H groups in total. The first-order valence-electron chi connectivity index (χ1n) is 11.9. The first kappa shape index (κ1) is 30.5. The molecule has 0 aliphatic carbocycles. The number of thioether (sulfide) groups is 1. The van der Waals surface area contributed by atoms with E-state index in [0.29, 0.717) is 36.3 Å². The Morgan fingerprint density at radius 1 is 1.05 bits per heavy atom. The number of carbonyl (C=O) groups is 2. The van der Waals surface area contributed by atoms with Crippen LogP contribution in [0, 0.1) is 0 Å². The summed E-state index contributed by atoms with van der Waals surface area (Å²) in [5.41, 5.74) is -2.94. The van der Waals surface area contributed by atoms with E-state index in [1.54, 1.807) is 0 Å². The van der Waals surface area contributed by atoms with Crippen molar-refractivity contribution < 1.29 is 50.5 Å². The molecule has 1 aromatic heterocycles. The van der Waals surface area contributed by atoms with E-state index in [-0.39, 0.29) is 58.2 Å². The third kappa shape index (κ3) is 7.05. The Morgan fingerprint density at radius 3 is 2.25 bits per heavy atom. The van der Waals surface area contributed by atoms with Crippen LogP contribution in [0.1, 0.15) is 53.5 Å². The van der Waals surface area contributed by atoms with E-state index in [1.807, 2.05) is 0 Å². The molecule has 2 saturated heterocycles. The van der Waals surface area contributed by atoms with Crippen LogP contribution in [0.15, 0.2) is 28.5 Å². The van der Waals surface area contributed by atoms with Gasteiger partial charge in [0, 0.05) is 29.0 Å². The van der Waals surface area contributed by atoms with Crippen molar-refractivity contribution in [1.82, 2.24) is 4.90 Å². The Balaban J connectivity index is 1.68. The second kappa shape index (κ2) is 12.2. The van der Waals surface area contributed by atoms with Gasteiger partial charge in [-0.3, -0.25) is 14.5 Å². The van der Waals surface area contributed by atoms with Gasteiger partial charge in [0.1, 0.15) is 4.32 Å². The molecule has 2 aromatic rings. The number of hydrogen-bond donors (Lipinski definition) is 1. The first-order valence-corrected chi connectivity index (χ1v) is 14.0. The first-order chi connectivity index (χ1) is 18.8. The Bertz CT molecular complexity index is 1300. The third-order valence-electron chi connectivity index (χ3n) is 6.02. The lowest BCUT2D eigenvalue weighted by Gasteiger charge is -2.17. The number of carboxylic acid groups (broad SMARTS) is 1. The number of carboxylic acids is 1. The van der Waals surface area contributed by atoms with Gasteiger partial charge in [-0.15, -0.1) is 11.3 Å². The number of alkyl halides is 6. The molecule has 2 aliphatic rings. The average Bonchev–Trinajstić information content (AvgIpc) is 3.58. The molecule has 40 heavy (non-hydrogen) atoms. The molecule has 15 heteroatoms. The summed E-state index contributed by atoms with van der Waals surface area (Å²) in [4.78, 5) is 25.7. The van der Waals surface area contributed by atoms with Gasteiger partial charge in [-0.25, -0.2) is 0 Å². The monoisotopic (exact) mass is 625 g/mol. The van der Waals surface area contributed by atoms with Crippen molar-refractivity contribution in [2.45, 2.75) is 44.3 Å². The highest BCUT2D eigenvalue weighted by Gasteiger charge is 2.38. The van der Waals surface area contributed by atoms with Crippen molar-refractivity contribution in [3.8, 4) is 11.1 Å². The van der Waals surface area contributed by atoms with Crippen molar-refractivity contribution in [3.63, 3.8) is 0 Å². The molecule has 2 aliphatic heterocycles. The molecule has 0 unspecified atom stereocenters. The quantitative estimate of drug-likeness (QED) is 0.135. The van der Waals surface area contributed by atoms with Crippen molar-refractivity contribution in [3.05, 3.63) is 50.1 Å². The van der Waals surface area contributed by atoms with Crippen molar-refractivity contribution in [2.75, 3.05) is 19.8 Å². The number of hydrogen-bond acceptors (Lipinski definition) is 7. The number of aliphatic carboxylic acids is 1. The van der Waals surface area contributed by atoms with E-state index < -0.39 is 41.6 Å². The molecule has 2 fully saturated rings. The summed E-state index contributed by atoms with van der Waals surface area (Å²) in [5.74, 6) is -1.31. The molecule has 4 rings (SSSR count). The van der Waals surface area contributed by atoms with Crippen LogP contribution in [0.5, 0.6) is 0 Å².